The summed E-state index contributed by atoms with van der Waals surface area (Å²) in [7, 11) is 0. The van der Waals surface area contributed by atoms with E-state index in [9.17, 15) is 14.4 Å². The molecule has 1 aliphatic rings. The van der Waals surface area contributed by atoms with Crippen molar-refractivity contribution in [2.45, 2.75) is 6.42 Å². The third-order valence-corrected chi connectivity index (χ3v) is 1.82. The minimum Gasteiger partial charge on any atom is -0.302 e. The van der Waals surface area contributed by atoms with E-state index in [-0.39, 0.29) is 6.42 Å². The summed E-state index contributed by atoms with van der Waals surface area (Å²) in [6, 6.07) is 0. The zero-order valence-corrected chi connectivity index (χ0v) is 6.40. The Bertz CT molecular complexity index is 265. The molecule has 3 heteroatoms. The molecule has 3 nitrogen and oxygen atoms in total. The Labute approximate surface area is 69.8 Å². The maximum absolute atomic E-state index is 10.5. The molecule has 1 aliphatic carbocycles. The highest BCUT2D eigenvalue weighted by Crippen LogP contribution is 2.26. The van der Waals surface area contributed by atoms with Crippen LogP contribution in [0.5, 0.6) is 0 Å². The van der Waals surface area contributed by atoms with Crippen LogP contribution in [0.25, 0.3) is 0 Å². The lowest BCUT2D eigenvalue weighted by atomic mass is 9.81. The Hall–Kier alpha value is -1.51. The second kappa shape index (κ2) is 3.26. The van der Waals surface area contributed by atoms with E-state index < -0.39 is 5.41 Å². The maximum atomic E-state index is 10.5. The van der Waals surface area contributed by atoms with Crippen LogP contribution in [0.4, 0.5) is 0 Å². The lowest BCUT2D eigenvalue weighted by Crippen LogP contribution is -2.24. The van der Waals surface area contributed by atoms with Gasteiger partial charge in [0.2, 0.25) is 0 Å². The van der Waals surface area contributed by atoms with Crippen molar-refractivity contribution in [3.05, 3.63) is 23.8 Å². The van der Waals surface area contributed by atoms with Crippen molar-refractivity contribution in [3.63, 3.8) is 0 Å². The molecular formula is C9H8O3. The molecule has 62 valence electrons. The second-order valence-electron chi connectivity index (χ2n) is 2.74. The first-order valence-corrected chi connectivity index (χ1v) is 3.52. The zero-order valence-electron chi connectivity index (χ0n) is 6.40. The molecule has 0 unspecified atom stereocenters. The van der Waals surface area contributed by atoms with Crippen molar-refractivity contribution in [2.75, 3.05) is 0 Å². The van der Waals surface area contributed by atoms with Gasteiger partial charge in [0.15, 0.2) is 0 Å². The van der Waals surface area contributed by atoms with Gasteiger partial charge in [0.05, 0.1) is 0 Å². The quantitative estimate of drug-likeness (QED) is 0.449. The maximum Gasteiger partial charge on any atom is 0.146 e. The van der Waals surface area contributed by atoms with Crippen LogP contribution >= 0.6 is 0 Å². The van der Waals surface area contributed by atoms with Crippen molar-refractivity contribution >= 4 is 18.9 Å². The lowest BCUT2D eigenvalue weighted by molar-refractivity contribution is -0.123. The average Bonchev–Trinajstić information content (AvgIpc) is 2.18. The Morgan fingerprint density at radius 2 is 1.92 bits per heavy atom. The molecule has 0 saturated heterocycles. The molecule has 0 aromatic rings. The van der Waals surface area contributed by atoms with Crippen LogP contribution in [0.2, 0.25) is 0 Å². The molecule has 0 N–H and O–H groups in total. The van der Waals surface area contributed by atoms with Crippen molar-refractivity contribution in [3.8, 4) is 0 Å². The van der Waals surface area contributed by atoms with Gasteiger partial charge < -0.3 is 9.59 Å². The van der Waals surface area contributed by atoms with Crippen LogP contribution in [0.1, 0.15) is 6.42 Å². The third kappa shape index (κ3) is 1.39. The molecule has 0 bridgehead atoms. The molecule has 0 aromatic heterocycles. The first-order valence-electron chi connectivity index (χ1n) is 3.52. The van der Waals surface area contributed by atoms with Gasteiger partial charge in [-0.2, -0.15) is 0 Å². The predicted molar refractivity (Wildman–Crippen MR) is 42.5 cm³/mol. The van der Waals surface area contributed by atoms with Gasteiger partial charge in [-0.05, 0) is 12.0 Å². The van der Waals surface area contributed by atoms with Crippen LogP contribution in [0.15, 0.2) is 23.8 Å². The summed E-state index contributed by atoms with van der Waals surface area (Å²) >= 11 is 0. The van der Waals surface area contributed by atoms with E-state index in [4.69, 9.17) is 0 Å². The van der Waals surface area contributed by atoms with Crippen LogP contribution in [-0.4, -0.2) is 18.9 Å². The number of carbonyl (C=O) groups is 3. The predicted octanol–water partition coefficient (Wildman–Crippen LogP) is 0.456. The van der Waals surface area contributed by atoms with Gasteiger partial charge in [-0.3, -0.25) is 4.79 Å². The van der Waals surface area contributed by atoms with Gasteiger partial charge in [-0.15, -0.1) is 0 Å². The van der Waals surface area contributed by atoms with Crippen LogP contribution < -0.4 is 0 Å². The van der Waals surface area contributed by atoms with E-state index in [1.54, 1.807) is 12.2 Å². The standard InChI is InChI=1S/C9H8O3/c10-5-8-2-1-3-9(4-8,6-11)7-12/h1-3,5-7H,4H2. The Morgan fingerprint density at radius 3 is 2.42 bits per heavy atom. The summed E-state index contributed by atoms with van der Waals surface area (Å²) in [5, 5.41) is 0. The number of allylic oxidation sites excluding steroid dienone is 4. The highest BCUT2D eigenvalue weighted by Gasteiger charge is 2.28. The minimum atomic E-state index is -1.11. The fourth-order valence-electron chi connectivity index (χ4n) is 1.09. The largest absolute Gasteiger partial charge is 0.302 e. The Kier molecular flexibility index (Phi) is 2.33. The fraction of sp³-hybridized carbons (Fsp3) is 0.222. The molecular weight excluding hydrogens is 156 g/mol. The van der Waals surface area contributed by atoms with Crippen molar-refractivity contribution < 1.29 is 14.4 Å². The van der Waals surface area contributed by atoms with Crippen molar-refractivity contribution in [1.82, 2.24) is 0 Å². The summed E-state index contributed by atoms with van der Waals surface area (Å²) in [6.07, 6.45) is 6.61. The third-order valence-electron chi connectivity index (χ3n) is 1.82. The average molecular weight is 164 g/mol. The molecule has 0 saturated carbocycles. The van der Waals surface area contributed by atoms with Crippen molar-refractivity contribution in [2.24, 2.45) is 5.41 Å². The Morgan fingerprint density at radius 1 is 1.25 bits per heavy atom. The van der Waals surface area contributed by atoms with Crippen molar-refractivity contribution in [1.29, 1.82) is 0 Å². The van der Waals surface area contributed by atoms with Crippen LogP contribution in [0, 0.1) is 5.41 Å². The second-order valence-corrected chi connectivity index (χ2v) is 2.74. The number of hydrogen-bond acceptors (Lipinski definition) is 3. The van der Waals surface area contributed by atoms with E-state index in [0.717, 1.165) is 0 Å². The van der Waals surface area contributed by atoms with E-state index in [1.807, 2.05) is 0 Å². The number of aldehydes is 3. The minimum absolute atomic E-state index is 0.181. The van der Waals surface area contributed by atoms with E-state index in [0.29, 0.717) is 24.4 Å². The summed E-state index contributed by atoms with van der Waals surface area (Å²) in [6.45, 7) is 0. The molecule has 0 aromatic carbocycles. The number of carbonyl (C=O) groups excluding carboxylic acids is 3. The molecule has 12 heavy (non-hydrogen) atoms. The highest BCUT2D eigenvalue weighted by molar-refractivity contribution is 5.90. The summed E-state index contributed by atoms with van der Waals surface area (Å²) < 4.78 is 0. The molecule has 0 heterocycles. The molecule has 0 spiro atoms. The fourth-order valence-corrected chi connectivity index (χ4v) is 1.09. The van der Waals surface area contributed by atoms with Crippen LogP contribution in [-0.2, 0) is 14.4 Å². The number of rotatable bonds is 3. The first kappa shape index (κ1) is 8.59. The molecule has 0 atom stereocenters. The zero-order chi connectivity index (χ0) is 9.03. The van der Waals surface area contributed by atoms with Gasteiger partial charge in [0, 0.05) is 0 Å². The van der Waals surface area contributed by atoms with Crippen LogP contribution in [0.3, 0.4) is 0 Å². The molecule has 0 aliphatic heterocycles. The summed E-state index contributed by atoms with van der Waals surface area (Å²) in [5.74, 6) is 0. The monoisotopic (exact) mass is 164 g/mol. The normalized spacial score (nSPS) is 19.5. The highest BCUT2D eigenvalue weighted by atomic mass is 16.1. The smallest absolute Gasteiger partial charge is 0.146 e. The summed E-state index contributed by atoms with van der Waals surface area (Å²) in [5.41, 5.74) is -0.637. The topological polar surface area (TPSA) is 51.2 Å². The lowest BCUT2D eigenvalue weighted by Gasteiger charge is -2.18. The van der Waals surface area contributed by atoms with Gasteiger partial charge in [-0.25, -0.2) is 0 Å². The van der Waals surface area contributed by atoms with Gasteiger partial charge in [0.1, 0.15) is 24.3 Å². The van der Waals surface area contributed by atoms with E-state index >= 15 is 0 Å². The van der Waals surface area contributed by atoms with Gasteiger partial charge in [0.25, 0.3) is 0 Å². The molecule has 0 amide bonds. The molecule has 1 rings (SSSR count). The molecule has 0 fully saturated rings. The Balaban J connectivity index is 2.94. The van der Waals surface area contributed by atoms with E-state index in [1.165, 1.54) is 6.08 Å². The number of hydrogen-bond donors (Lipinski definition) is 0. The first-order chi connectivity index (χ1) is 5.76. The van der Waals surface area contributed by atoms with Gasteiger partial charge >= 0.3 is 0 Å². The summed E-state index contributed by atoms with van der Waals surface area (Å²) in [4.78, 5) is 31.4. The van der Waals surface area contributed by atoms with Gasteiger partial charge in [-0.1, -0.05) is 18.2 Å². The molecule has 0 radical (unpaired) electrons. The SMILES string of the molecule is O=CC1=CC=CC(C=O)(C=O)C1. The van der Waals surface area contributed by atoms with E-state index in [2.05, 4.69) is 0 Å².